The summed E-state index contributed by atoms with van der Waals surface area (Å²) < 4.78 is 0. The van der Waals surface area contributed by atoms with Crippen LogP contribution in [0, 0.1) is 11.3 Å². The highest BCUT2D eigenvalue weighted by Gasteiger charge is 2.29. The Balaban J connectivity index is 1.63. The molecular weight excluding hydrogens is 392 g/mol. The lowest BCUT2D eigenvalue weighted by Gasteiger charge is -2.37. The van der Waals surface area contributed by atoms with E-state index >= 15 is 0 Å². The first-order valence-electron chi connectivity index (χ1n) is 11.5. The molecular formula is C24H36N4OS. The Labute approximate surface area is 184 Å². The summed E-state index contributed by atoms with van der Waals surface area (Å²) in [5.41, 5.74) is 1.52. The van der Waals surface area contributed by atoms with Gasteiger partial charge in [0.25, 0.3) is 0 Å². The number of anilines is 1. The van der Waals surface area contributed by atoms with Crippen LogP contribution in [0.15, 0.2) is 0 Å². The van der Waals surface area contributed by atoms with Crippen LogP contribution in [0.5, 0.6) is 0 Å². The van der Waals surface area contributed by atoms with E-state index in [-0.39, 0.29) is 11.3 Å². The number of piperazine rings is 1. The van der Waals surface area contributed by atoms with E-state index in [0.29, 0.717) is 12.3 Å². The number of nitrogens with zero attached hydrogens (tertiary/aromatic N) is 4. The summed E-state index contributed by atoms with van der Waals surface area (Å²) in [5, 5.41) is 1.29. The molecule has 2 aromatic heterocycles. The van der Waals surface area contributed by atoms with Gasteiger partial charge in [0.05, 0.1) is 5.39 Å². The number of aryl methyl sites for hydroxylation is 1. The fourth-order valence-electron chi connectivity index (χ4n) is 4.56. The second-order valence-electron chi connectivity index (χ2n) is 10.7. The van der Waals surface area contributed by atoms with Gasteiger partial charge in [0.1, 0.15) is 16.5 Å². The zero-order valence-corrected chi connectivity index (χ0v) is 20.2. The number of fused-ring (bicyclic) bond motifs is 3. The summed E-state index contributed by atoms with van der Waals surface area (Å²) in [4.78, 5) is 29.8. The Hall–Kier alpha value is -1.69. The highest BCUT2D eigenvalue weighted by Crippen LogP contribution is 2.41. The summed E-state index contributed by atoms with van der Waals surface area (Å²) >= 11 is 1.88. The number of carbonyl (C=O) groups is 1. The minimum absolute atomic E-state index is 0.0338. The van der Waals surface area contributed by atoms with Crippen LogP contribution < -0.4 is 4.90 Å². The fourth-order valence-corrected chi connectivity index (χ4v) is 5.94. The van der Waals surface area contributed by atoms with Crippen LogP contribution in [0.4, 0.5) is 5.82 Å². The van der Waals surface area contributed by atoms with Crippen molar-refractivity contribution in [2.24, 2.45) is 11.3 Å². The largest absolute Gasteiger partial charge is 0.352 e. The molecule has 1 aliphatic heterocycles. The molecule has 0 saturated carbocycles. The van der Waals surface area contributed by atoms with Crippen molar-refractivity contribution in [2.75, 3.05) is 31.1 Å². The lowest BCUT2D eigenvalue weighted by Crippen LogP contribution is -2.49. The van der Waals surface area contributed by atoms with E-state index in [2.05, 4.69) is 46.4 Å². The molecule has 1 atom stereocenters. The second-order valence-corrected chi connectivity index (χ2v) is 11.8. The SMILES string of the molecule is CC(C)c1nc(N2CCN(C(=O)CC(C)(C)C)CC2)c2c3c(sc2n1)C[C@H](C)CC3. The van der Waals surface area contributed by atoms with Crippen molar-refractivity contribution in [3.05, 3.63) is 16.3 Å². The number of aromatic nitrogens is 2. The van der Waals surface area contributed by atoms with E-state index in [1.165, 1.54) is 28.7 Å². The first-order chi connectivity index (χ1) is 14.1. The minimum Gasteiger partial charge on any atom is -0.352 e. The van der Waals surface area contributed by atoms with Crippen molar-refractivity contribution >= 4 is 33.3 Å². The van der Waals surface area contributed by atoms with E-state index in [0.717, 1.165) is 55.0 Å². The third-order valence-corrected chi connectivity index (χ3v) is 7.43. The number of hydrogen-bond acceptors (Lipinski definition) is 5. The molecule has 2 aliphatic rings. The maximum absolute atomic E-state index is 12.7. The number of amides is 1. The van der Waals surface area contributed by atoms with Crippen LogP contribution in [0.2, 0.25) is 0 Å². The standard InChI is InChI=1S/C24H36N4OS/c1-15(2)21-25-22(20-17-8-7-16(3)13-18(17)30-23(20)26-21)28-11-9-27(10-12-28)19(29)14-24(4,5)6/h15-16H,7-14H2,1-6H3/t16-/m1/s1. The highest BCUT2D eigenvalue weighted by molar-refractivity contribution is 7.19. The Morgan fingerprint density at radius 3 is 2.50 bits per heavy atom. The number of rotatable bonds is 3. The van der Waals surface area contributed by atoms with E-state index in [4.69, 9.17) is 9.97 Å². The van der Waals surface area contributed by atoms with Gasteiger partial charge in [-0.3, -0.25) is 4.79 Å². The molecule has 0 radical (unpaired) electrons. The van der Waals surface area contributed by atoms with Gasteiger partial charge in [-0.25, -0.2) is 9.97 Å². The van der Waals surface area contributed by atoms with Crippen molar-refractivity contribution < 1.29 is 4.79 Å². The molecule has 0 unspecified atom stereocenters. The molecule has 4 rings (SSSR count). The van der Waals surface area contributed by atoms with Crippen LogP contribution in [-0.4, -0.2) is 47.0 Å². The predicted octanol–water partition coefficient (Wildman–Crippen LogP) is 5.02. The van der Waals surface area contributed by atoms with Gasteiger partial charge in [0.2, 0.25) is 5.91 Å². The Kier molecular flexibility index (Phi) is 5.82. The van der Waals surface area contributed by atoms with Gasteiger partial charge >= 0.3 is 0 Å². The molecule has 1 saturated heterocycles. The van der Waals surface area contributed by atoms with Crippen LogP contribution in [0.3, 0.4) is 0 Å². The van der Waals surface area contributed by atoms with E-state index < -0.39 is 0 Å². The lowest BCUT2D eigenvalue weighted by atomic mass is 9.89. The third kappa shape index (κ3) is 4.34. The van der Waals surface area contributed by atoms with Gasteiger partial charge in [-0.05, 0) is 36.2 Å². The van der Waals surface area contributed by atoms with Crippen molar-refractivity contribution in [1.29, 1.82) is 0 Å². The van der Waals surface area contributed by atoms with Gasteiger partial charge in [-0.1, -0.05) is 41.5 Å². The average molecular weight is 429 g/mol. The zero-order valence-electron chi connectivity index (χ0n) is 19.4. The summed E-state index contributed by atoms with van der Waals surface area (Å²) in [6.45, 7) is 16.3. The third-order valence-electron chi connectivity index (χ3n) is 6.28. The number of hydrogen-bond donors (Lipinski definition) is 0. The smallest absolute Gasteiger partial charge is 0.223 e. The summed E-state index contributed by atoms with van der Waals surface area (Å²) in [6, 6.07) is 0. The second kappa shape index (κ2) is 8.10. The Bertz CT molecular complexity index is 935. The molecule has 6 heteroatoms. The van der Waals surface area contributed by atoms with E-state index in [9.17, 15) is 4.79 Å². The molecule has 0 N–H and O–H groups in total. The fraction of sp³-hybridized carbons (Fsp3) is 0.708. The topological polar surface area (TPSA) is 49.3 Å². The maximum atomic E-state index is 12.7. The summed E-state index contributed by atoms with van der Waals surface area (Å²) in [5.74, 6) is 3.39. The van der Waals surface area contributed by atoms with Gasteiger partial charge in [-0.2, -0.15) is 0 Å². The quantitative estimate of drug-likeness (QED) is 0.688. The lowest BCUT2D eigenvalue weighted by molar-refractivity contribution is -0.133. The molecule has 2 aromatic rings. The monoisotopic (exact) mass is 428 g/mol. The molecule has 164 valence electrons. The van der Waals surface area contributed by atoms with Gasteiger partial charge in [0, 0.05) is 43.4 Å². The van der Waals surface area contributed by atoms with Crippen LogP contribution in [-0.2, 0) is 17.6 Å². The van der Waals surface area contributed by atoms with Crippen LogP contribution >= 0.6 is 11.3 Å². The minimum atomic E-state index is 0.0338. The van der Waals surface area contributed by atoms with E-state index in [1.54, 1.807) is 0 Å². The molecule has 30 heavy (non-hydrogen) atoms. The van der Waals surface area contributed by atoms with Gasteiger partial charge < -0.3 is 9.80 Å². The van der Waals surface area contributed by atoms with Crippen molar-refractivity contribution in [1.82, 2.24) is 14.9 Å². The van der Waals surface area contributed by atoms with Crippen molar-refractivity contribution in [3.8, 4) is 0 Å². The van der Waals surface area contributed by atoms with Gasteiger partial charge in [-0.15, -0.1) is 11.3 Å². The summed E-state index contributed by atoms with van der Waals surface area (Å²) in [7, 11) is 0. The molecule has 0 bridgehead atoms. The first kappa shape index (κ1) is 21.5. The zero-order chi connectivity index (χ0) is 21.6. The van der Waals surface area contributed by atoms with E-state index in [1.807, 2.05) is 16.2 Å². The number of thiophene rings is 1. The molecule has 0 spiro atoms. The molecule has 1 fully saturated rings. The van der Waals surface area contributed by atoms with Crippen LogP contribution in [0.1, 0.15) is 76.6 Å². The van der Waals surface area contributed by atoms with Gasteiger partial charge in [0.15, 0.2) is 0 Å². The number of carbonyl (C=O) groups excluding carboxylic acids is 1. The summed E-state index contributed by atoms with van der Waals surface area (Å²) in [6.07, 6.45) is 4.16. The molecule has 1 aliphatic carbocycles. The molecule has 1 amide bonds. The molecule has 3 heterocycles. The predicted molar refractivity (Wildman–Crippen MR) is 126 cm³/mol. The Morgan fingerprint density at radius 1 is 1.17 bits per heavy atom. The van der Waals surface area contributed by atoms with Crippen LogP contribution in [0.25, 0.3) is 10.2 Å². The maximum Gasteiger partial charge on any atom is 0.223 e. The van der Waals surface area contributed by atoms with Crippen molar-refractivity contribution in [2.45, 2.75) is 73.1 Å². The highest BCUT2D eigenvalue weighted by atomic mass is 32.1. The van der Waals surface area contributed by atoms with Crippen molar-refractivity contribution in [3.63, 3.8) is 0 Å². The average Bonchev–Trinajstić information content (AvgIpc) is 3.03. The normalized spacial score (nSPS) is 20.2. The Morgan fingerprint density at radius 2 is 1.87 bits per heavy atom. The molecule has 5 nitrogen and oxygen atoms in total. The first-order valence-corrected chi connectivity index (χ1v) is 12.3. The molecule has 0 aromatic carbocycles.